The van der Waals surface area contributed by atoms with Crippen LogP contribution in [0.1, 0.15) is 37.7 Å². The Morgan fingerprint density at radius 1 is 1.37 bits per heavy atom. The van der Waals surface area contributed by atoms with Gasteiger partial charge in [-0.25, -0.2) is 9.97 Å². The summed E-state index contributed by atoms with van der Waals surface area (Å²) in [5.41, 5.74) is 0.568. The van der Waals surface area contributed by atoms with Gasteiger partial charge in [-0.05, 0) is 13.3 Å². The van der Waals surface area contributed by atoms with E-state index in [1.807, 2.05) is 13.0 Å². The minimum absolute atomic E-state index is 0.396. The number of anilines is 1. The number of aromatic nitrogens is 2. The summed E-state index contributed by atoms with van der Waals surface area (Å²) in [6.07, 6.45) is 2.68. The zero-order valence-electron chi connectivity index (χ0n) is 12.0. The number of hydrogen-bond donors (Lipinski definition) is 1. The second-order valence-electron chi connectivity index (χ2n) is 4.96. The fourth-order valence-electron chi connectivity index (χ4n) is 2.34. The fourth-order valence-corrected chi connectivity index (χ4v) is 2.34. The lowest BCUT2D eigenvalue weighted by Gasteiger charge is -2.34. The molecule has 1 aromatic heterocycles. The first-order valence-electron chi connectivity index (χ1n) is 6.93. The van der Waals surface area contributed by atoms with E-state index >= 15 is 0 Å². The van der Waals surface area contributed by atoms with Crippen molar-refractivity contribution in [2.24, 2.45) is 0 Å². The highest BCUT2D eigenvalue weighted by Crippen LogP contribution is 2.33. The van der Waals surface area contributed by atoms with Crippen LogP contribution in [0.25, 0.3) is 0 Å². The van der Waals surface area contributed by atoms with Crippen LogP contribution in [-0.2, 0) is 15.1 Å². The predicted octanol–water partition coefficient (Wildman–Crippen LogP) is 2.26. The standard InChI is InChI=1S/C14H23N3O2/c1-4-7-15-12-10-11(2)16-13(17-12)14(18-3)5-8-19-9-6-14/h10H,4-9H2,1-3H3,(H,15,16,17). The Hall–Kier alpha value is -1.20. The van der Waals surface area contributed by atoms with Gasteiger partial charge >= 0.3 is 0 Å². The molecule has 1 aromatic rings. The molecule has 1 aliphatic rings. The average Bonchev–Trinajstić information content (AvgIpc) is 2.45. The molecule has 0 radical (unpaired) electrons. The van der Waals surface area contributed by atoms with Gasteiger partial charge in [0.15, 0.2) is 5.82 Å². The summed E-state index contributed by atoms with van der Waals surface area (Å²) in [7, 11) is 1.73. The molecule has 1 saturated heterocycles. The maximum Gasteiger partial charge on any atom is 0.163 e. The minimum Gasteiger partial charge on any atom is -0.381 e. The van der Waals surface area contributed by atoms with Crippen LogP contribution in [0.3, 0.4) is 0 Å². The first kappa shape index (κ1) is 14.2. The zero-order valence-corrected chi connectivity index (χ0v) is 12.0. The monoisotopic (exact) mass is 265 g/mol. The molecule has 0 bridgehead atoms. The number of nitrogens with zero attached hydrogens (tertiary/aromatic N) is 2. The van der Waals surface area contributed by atoms with Crippen molar-refractivity contribution in [1.29, 1.82) is 0 Å². The Morgan fingerprint density at radius 2 is 2.11 bits per heavy atom. The van der Waals surface area contributed by atoms with Crippen molar-refractivity contribution < 1.29 is 9.47 Å². The summed E-state index contributed by atoms with van der Waals surface area (Å²) < 4.78 is 11.2. The molecule has 5 heteroatoms. The van der Waals surface area contributed by atoms with Gasteiger partial charge in [0, 0.05) is 51.5 Å². The Bertz CT molecular complexity index is 417. The van der Waals surface area contributed by atoms with Crippen LogP contribution >= 0.6 is 0 Å². The number of methoxy groups -OCH3 is 1. The Morgan fingerprint density at radius 3 is 2.74 bits per heavy atom. The van der Waals surface area contributed by atoms with E-state index in [4.69, 9.17) is 9.47 Å². The van der Waals surface area contributed by atoms with Crippen molar-refractivity contribution in [1.82, 2.24) is 9.97 Å². The molecular formula is C14H23N3O2. The second kappa shape index (κ2) is 6.30. The highest BCUT2D eigenvalue weighted by atomic mass is 16.5. The molecule has 106 valence electrons. The normalized spacial score (nSPS) is 18.3. The molecular weight excluding hydrogens is 242 g/mol. The molecule has 0 aliphatic carbocycles. The number of hydrogen-bond acceptors (Lipinski definition) is 5. The molecule has 0 atom stereocenters. The summed E-state index contributed by atoms with van der Waals surface area (Å²) in [5, 5.41) is 3.32. The average molecular weight is 265 g/mol. The molecule has 0 amide bonds. The molecule has 0 unspecified atom stereocenters. The lowest BCUT2D eigenvalue weighted by atomic mass is 9.93. The van der Waals surface area contributed by atoms with E-state index in [2.05, 4.69) is 22.2 Å². The first-order chi connectivity index (χ1) is 9.20. The number of rotatable bonds is 5. The maximum absolute atomic E-state index is 5.75. The van der Waals surface area contributed by atoms with Crippen molar-refractivity contribution in [3.63, 3.8) is 0 Å². The maximum atomic E-state index is 5.75. The van der Waals surface area contributed by atoms with Gasteiger partial charge in [-0.2, -0.15) is 0 Å². The molecule has 0 aromatic carbocycles. The van der Waals surface area contributed by atoms with Crippen LogP contribution in [0.2, 0.25) is 0 Å². The molecule has 19 heavy (non-hydrogen) atoms. The van der Waals surface area contributed by atoms with E-state index in [9.17, 15) is 0 Å². The van der Waals surface area contributed by atoms with Gasteiger partial charge in [-0.15, -0.1) is 0 Å². The van der Waals surface area contributed by atoms with E-state index in [1.165, 1.54) is 0 Å². The molecule has 0 saturated carbocycles. The summed E-state index contributed by atoms with van der Waals surface area (Å²) >= 11 is 0. The van der Waals surface area contributed by atoms with E-state index in [0.29, 0.717) is 13.2 Å². The van der Waals surface area contributed by atoms with E-state index in [1.54, 1.807) is 7.11 Å². The minimum atomic E-state index is -0.396. The molecule has 0 spiro atoms. The quantitative estimate of drug-likeness (QED) is 0.885. The van der Waals surface area contributed by atoms with Crippen LogP contribution in [0.5, 0.6) is 0 Å². The van der Waals surface area contributed by atoms with Gasteiger partial charge in [0.1, 0.15) is 11.4 Å². The van der Waals surface area contributed by atoms with E-state index in [0.717, 1.165) is 43.1 Å². The zero-order chi connectivity index (χ0) is 13.7. The van der Waals surface area contributed by atoms with Gasteiger partial charge in [0.05, 0.1) is 0 Å². The molecule has 2 rings (SSSR count). The number of nitrogens with one attached hydrogen (secondary N) is 1. The molecule has 2 heterocycles. The van der Waals surface area contributed by atoms with E-state index < -0.39 is 5.60 Å². The summed E-state index contributed by atoms with van der Waals surface area (Å²) in [4.78, 5) is 9.21. The van der Waals surface area contributed by atoms with Crippen LogP contribution < -0.4 is 5.32 Å². The van der Waals surface area contributed by atoms with Crippen LogP contribution in [-0.4, -0.2) is 36.8 Å². The van der Waals surface area contributed by atoms with Crippen LogP contribution in [0.15, 0.2) is 6.07 Å². The van der Waals surface area contributed by atoms with Crippen molar-refractivity contribution in [2.45, 2.75) is 38.7 Å². The highest BCUT2D eigenvalue weighted by Gasteiger charge is 2.37. The SMILES string of the molecule is CCCNc1cc(C)nc(C2(OC)CCOCC2)n1. The van der Waals surface area contributed by atoms with Crippen LogP contribution in [0.4, 0.5) is 5.82 Å². The first-order valence-corrected chi connectivity index (χ1v) is 6.93. The third-order valence-electron chi connectivity index (χ3n) is 3.51. The lowest BCUT2D eigenvalue weighted by molar-refractivity contribution is -0.1000. The molecule has 1 fully saturated rings. The van der Waals surface area contributed by atoms with Gasteiger partial charge in [0.25, 0.3) is 0 Å². The lowest BCUT2D eigenvalue weighted by Crippen LogP contribution is -2.37. The third kappa shape index (κ3) is 3.22. The summed E-state index contributed by atoms with van der Waals surface area (Å²) in [5.74, 6) is 1.66. The van der Waals surface area contributed by atoms with Gasteiger partial charge in [0.2, 0.25) is 0 Å². The van der Waals surface area contributed by atoms with Crippen molar-refractivity contribution in [3.8, 4) is 0 Å². The summed E-state index contributed by atoms with van der Waals surface area (Å²) in [6.45, 7) is 6.44. The van der Waals surface area contributed by atoms with E-state index in [-0.39, 0.29) is 0 Å². The van der Waals surface area contributed by atoms with Gasteiger partial charge < -0.3 is 14.8 Å². The van der Waals surface area contributed by atoms with Crippen molar-refractivity contribution in [3.05, 3.63) is 17.6 Å². The predicted molar refractivity (Wildman–Crippen MR) is 74.3 cm³/mol. The topological polar surface area (TPSA) is 56.3 Å². The molecule has 1 N–H and O–H groups in total. The second-order valence-corrected chi connectivity index (χ2v) is 4.96. The highest BCUT2D eigenvalue weighted by molar-refractivity contribution is 5.36. The fraction of sp³-hybridized carbons (Fsp3) is 0.714. The van der Waals surface area contributed by atoms with Crippen LogP contribution in [0, 0.1) is 6.92 Å². The van der Waals surface area contributed by atoms with Crippen molar-refractivity contribution in [2.75, 3.05) is 32.2 Å². The largest absolute Gasteiger partial charge is 0.381 e. The molecule has 5 nitrogen and oxygen atoms in total. The smallest absolute Gasteiger partial charge is 0.163 e. The van der Waals surface area contributed by atoms with Gasteiger partial charge in [-0.3, -0.25) is 0 Å². The van der Waals surface area contributed by atoms with Crippen molar-refractivity contribution >= 4 is 5.82 Å². The third-order valence-corrected chi connectivity index (χ3v) is 3.51. The summed E-state index contributed by atoms with van der Waals surface area (Å²) in [6, 6.07) is 1.97. The number of ether oxygens (including phenoxy) is 2. The Labute approximate surface area is 114 Å². The molecule has 1 aliphatic heterocycles. The van der Waals surface area contributed by atoms with Gasteiger partial charge in [-0.1, -0.05) is 6.92 Å². The Kier molecular flexibility index (Phi) is 4.71. The number of aryl methyl sites for hydroxylation is 1. The Balaban J connectivity index is 2.28.